The minimum Gasteiger partial charge on any atom is -0.374 e. The smallest absolute Gasteiger partial charge is 0.109 e. The number of hydrogen-bond donors (Lipinski definition) is 0. The molecule has 1 aliphatic rings. The van der Waals surface area contributed by atoms with Gasteiger partial charge >= 0.3 is 0 Å². The zero-order chi connectivity index (χ0) is 15.9. The number of ether oxygens (including phenoxy) is 1. The normalized spacial score (nSPS) is 21.9. The second-order valence-electron chi connectivity index (χ2n) is 9.22. The van der Waals surface area contributed by atoms with Crippen molar-refractivity contribution in [2.75, 3.05) is 7.11 Å². The third kappa shape index (κ3) is 4.23. The molecular weight excluding hydrogens is 244 g/mol. The van der Waals surface area contributed by atoms with Crippen LogP contribution in [0.4, 0.5) is 0 Å². The number of hydrogen-bond acceptors (Lipinski definition) is 1. The van der Waals surface area contributed by atoms with Gasteiger partial charge in [0.05, 0.1) is 0 Å². The third-order valence-corrected chi connectivity index (χ3v) is 3.63. The van der Waals surface area contributed by atoms with E-state index in [1.54, 1.807) is 7.11 Å². The highest BCUT2D eigenvalue weighted by molar-refractivity contribution is 5.58. The monoisotopic (exact) mass is 277 g/mol. The molecule has 0 aliphatic heterocycles. The van der Waals surface area contributed by atoms with E-state index in [2.05, 4.69) is 68.7 Å². The van der Waals surface area contributed by atoms with Crippen molar-refractivity contribution in [2.24, 2.45) is 16.2 Å². The molecule has 0 amide bonds. The van der Waals surface area contributed by atoms with Crippen molar-refractivity contribution in [3.05, 3.63) is 30.3 Å². The van der Waals surface area contributed by atoms with Crippen LogP contribution in [0.3, 0.4) is 0 Å². The van der Waals surface area contributed by atoms with E-state index in [9.17, 15) is 0 Å². The van der Waals surface area contributed by atoms with Crippen molar-refractivity contribution in [3.8, 4) is 0 Å². The van der Waals surface area contributed by atoms with Gasteiger partial charge in [0.15, 0.2) is 0 Å². The van der Waals surface area contributed by atoms with Crippen molar-refractivity contribution in [2.45, 2.75) is 68.7 Å². The summed E-state index contributed by atoms with van der Waals surface area (Å²) in [5.74, 6) is 4.32. The highest BCUT2D eigenvalue weighted by atomic mass is 16.5. The van der Waals surface area contributed by atoms with Gasteiger partial charge in [0, 0.05) is 19.4 Å². The lowest BCUT2D eigenvalue weighted by atomic mass is 9.64. The van der Waals surface area contributed by atoms with Gasteiger partial charge < -0.3 is 4.74 Å². The Labute approximate surface area is 127 Å². The summed E-state index contributed by atoms with van der Waals surface area (Å²) in [4.78, 5) is 0. The van der Waals surface area contributed by atoms with Crippen LogP contribution in [0, 0.1) is 46.5 Å². The Morgan fingerprint density at radius 3 is 1.65 bits per heavy atom. The summed E-state index contributed by atoms with van der Waals surface area (Å²) in [5.41, 5.74) is 0.534. The second-order valence-corrected chi connectivity index (χ2v) is 9.22. The van der Waals surface area contributed by atoms with Gasteiger partial charge in [0.1, 0.15) is 6.10 Å². The molecule has 0 aromatic heterocycles. The maximum atomic E-state index is 5.70. The lowest BCUT2D eigenvalue weighted by Gasteiger charge is -2.40. The van der Waals surface area contributed by atoms with Gasteiger partial charge in [-0.2, -0.15) is 0 Å². The summed E-state index contributed by atoms with van der Waals surface area (Å²) in [6.07, 6.45) is 4.42. The van der Waals surface area contributed by atoms with Crippen molar-refractivity contribution >= 4 is 0 Å². The fraction of sp³-hybridized carbons (Fsp3) is 0.737. The Morgan fingerprint density at radius 2 is 1.35 bits per heavy atom. The van der Waals surface area contributed by atoms with Gasteiger partial charge in [0.2, 0.25) is 0 Å². The Bertz CT molecular complexity index is 310. The quantitative estimate of drug-likeness (QED) is 0.635. The summed E-state index contributed by atoms with van der Waals surface area (Å²) >= 11 is 0. The van der Waals surface area contributed by atoms with E-state index in [1.807, 2.05) is 0 Å². The largest absolute Gasteiger partial charge is 0.374 e. The summed E-state index contributed by atoms with van der Waals surface area (Å²) in [6.45, 7) is 20.7. The molecule has 0 N–H and O–H groups in total. The maximum Gasteiger partial charge on any atom is 0.109 e. The van der Waals surface area contributed by atoms with Gasteiger partial charge in [-0.3, -0.25) is 0 Å². The summed E-state index contributed by atoms with van der Waals surface area (Å²) in [6, 6.07) is 0. The topological polar surface area (TPSA) is 9.23 Å². The average molecular weight is 277 g/mol. The van der Waals surface area contributed by atoms with E-state index < -0.39 is 0 Å². The van der Waals surface area contributed by atoms with Crippen molar-refractivity contribution in [1.29, 1.82) is 0 Å². The predicted octanol–water partition coefficient (Wildman–Crippen LogP) is 5.63. The van der Waals surface area contributed by atoms with Crippen molar-refractivity contribution in [1.82, 2.24) is 0 Å². The molecule has 0 aromatic rings. The number of rotatable bonds is 2. The molecule has 1 aliphatic carbocycles. The third-order valence-electron chi connectivity index (χ3n) is 3.63. The molecule has 1 rings (SSSR count). The summed E-state index contributed by atoms with van der Waals surface area (Å²) in [5, 5.41) is 0. The van der Waals surface area contributed by atoms with Crippen LogP contribution in [0.5, 0.6) is 0 Å². The molecule has 1 fully saturated rings. The van der Waals surface area contributed by atoms with Crippen molar-refractivity contribution in [3.63, 3.8) is 0 Å². The minimum atomic E-state index is 0.107. The van der Waals surface area contributed by atoms with Crippen LogP contribution in [0.15, 0.2) is 0 Å². The maximum absolute atomic E-state index is 5.70. The molecule has 1 heteroatoms. The van der Waals surface area contributed by atoms with E-state index >= 15 is 0 Å². The summed E-state index contributed by atoms with van der Waals surface area (Å²) in [7, 11) is 1.79. The van der Waals surface area contributed by atoms with Crippen LogP contribution in [0.25, 0.3) is 0 Å². The molecule has 0 bridgehead atoms. The van der Waals surface area contributed by atoms with Crippen LogP contribution in [0.1, 0.15) is 68.7 Å². The molecule has 0 saturated heterocycles. The molecule has 0 aromatic carbocycles. The Kier molecular flexibility index (Phi) is 5.07. The second kappa shape index (κ2) is 5.63. The van der Waals surface area contributed by atoms with Gasteiger partial charge in [-0.05, 0) is 34.5 Å². The van der Waals surface area contributed by atoms with Crippen LogP contribution in [-0.2, 0) is 4.74 Å². The van der Waals surface area contributed by atoms with Gasteiger partial charge in [0.25, 0.3) is 0 Å². The molecular formula is C19H33O. The first-order valence-electron chi connectivity index (χ1n) is 7.65. The Hall–Kier alpha value is -0.0400. The molecule has 0 heterocycles. The van der Waals surface area contributed by atoms with Crippen LogP contribution in [-0.4, -0.2) is 7.11 Å². The standard InChI is InChI=1S/C19H33O/c1-17(2,3)12-13-14(18(4,5)6)11-15(20-10)16(13)19(7,8)9/h11H,12H2,1-10H3. The lowest BCUT2D eigenvalue weighted by Crippen LogP contribution is -2.31. The number of methoxy groups -OCH3 is 1. The highest BCUT2D eigenvalue weighted by Crippen LogP contribution is 2.62. The fourth-order valence-electron chi connectivity index (χ4n) is 2.94. The lowest BCUT2D eigenvalue weighted by molar-refractivity contribution is 0.205. The van der Waals surface area contributed by atoms with Crippen LogP contribution in [0.2, 0.25) is 0 Å². The molecule has 0 unspecified atom stereocenters. The van der Waals surface area contributed by atoms with E-state index in [0.717, 1.165) is 12.5 Å². The van der Waals surface area contributed by atoms with Crippen molar-refractivity contribution < 1.29 is 4.74 Å². The predicted molar refractivity (Wildman–Crippen MR) is 87.3 cm³/mol. The molecule has 0 spiro atoms. The first-order chi connectivity index (χ1) is 8.77. The van der Waals surface area contributed by atoms with Crippen LogP contribution >= 0.6 is 0 Å². The zero-order valence-corrected chi connectivity index (χ0v) is 15.2. The average Bonchev–Trinajstić information content (AvgIpc) is 2.52. The zero-order valence-electron chi connectivity index (χ0n) is 15.2. The van der Waals surface area contributed by atoms with Gasteiger partial charge in [-0.1, -0.05) is 62.3 Å². The summed E-state index contributed by atoms with van der Waals surface area (Å²) < 4.78 is 5.70. The van der Waals surface area contributed by atoms with Gasteiger partial charge in [-0.25, -0.2) is 0 Å². The minimum absolute atomic E-state index is 0.107. The molecule has 1 nitrogen and oxygen atoms in total. The first kappa shape index (κ1) is 18.0. The molecule has 5 radical (unpaired) electrons. The van der Waals surface area contributed by atoms with E-state index in [1.165, 1.54) is 17.8 Å². The van der Waals surface area contributed by atoms with Gasteiger partial charge in [-0.15, -0.1) is 0 Å². The van der Waals surface area contributed by atoms with E-state index in [4.69, 9.17) is 4.74 Å². The molecule has 1 saturated carbocycles. The van der Waals surface area contributed by atoms with E-state index in [-0.39, 0.29) is 16.2 Å². The molecule has 0 atom stereocenters. The van der Waals surface area contributed by atoms with Crippen LogP contribution < -0.4 is 0 Å². The molecule has 115 valence electrons. The van der Waals surface area contributed by atoms with E-state index in [0.29, 0.717) is 0 Å². The first-order valence-corrected chi connectivity index (χ1v) is 7.65. The Morgan fingerprint density at radius 1 is 0.850 bits per heavy atom. The Balaban J connectivity index is 3.16. The SMILES string of the molecule is CO[C]1[CH][C](C(C)(C)C)[C](CC(C)(C)C)[C]1C(C)(C)C. The highest BCUT2D eigenvalue weighted by Gasteiger charge is 2.54. The fourth-order valence-corrected chi connectivity index (χ4v) is 2.94. The molecule has 20 heavy (non-hydrogen) atoms.